The maximum Gasteiger partial charge on any atom is 0.216 e. The lowest BCUT2D eigenvalue weighted by Gasteiger charge is -2.41. The van der Waals surface area contributed by atoms with E-state index in [0.717, 1.165) is 50.9 Å². The molecule has 4 fully saturated rings. The normalized spacial score (nSPS) is 30.9. The highest BCUT2D eigenvalue weighted by atomic mass is 32.2. The summed E-state index contributed by atoms with van der Waals surface area (Å²) < 4.78 is 37.7. The molecule has 2 aliphatic heterocycles. The van der Waals surface area contributed by atoms with Crippen molar-refractivity contribution in [2.24, 2.45) is 11.3 Å². The Bertz CT molecular complexity index is 1430. The molecule has 4 aliphatic rings. The van der Waals surface area contributed by atoms with E-state index >= 15 is 0 Å². The molecule has 3 N–H and O–H groups in total. The van der Waals surface area contributed by atoms with Crippen molar-refractivity contribution >= 4 is 10.0 Å². The van der Waals surface area contributed by atoms with Gasteiger partial charge in [-0.15, -0.1) is 0 Å². The van der Waals surface area contributed by atoms with E-state index in [1.54, 1.807) is 0 Å². The fourth-order valence-electron chi connectivity index (χ4n) is 9.00. The summed E-state index contributed by atoms with van der Waals surface area (Å²) in [6, 6.07) is 11.1. The second-order valence-corrected chi connectivity index (χ2v) is 18.6. The van der Waals surface area contributed by atoms with Crippen molar-refractivity contribution in [2.45, 2.75) is 147 Å². The Morgan fingerprint density at radius 3 is 2.42 bits per heavy atom. The average Bonchev–Trinajstić information content (AvgIpc) is 3.05. The monoisotopic (exact) mass is 679 g/mol. The molecular formula is C39H61N5O3S. The van der Waals surface area contributed by atoms with Gasteiger partial charge in [0.25, 0.3) is 0 Å². The summed E-state index contributed by atoms with van der Waals surface area (Å²) in [6.07, 6.45) is 13.9. The number of benzene rings is 1. The summed E-state index contributed by atoms with van der Waals surface area (Å²) >= 11 is 0. The fraction of sp³-hybridized carbons (Fsp3) is 0.718. The molecule has 2 saturated heterocycles. The fourth-order valence-corrected chi connectivity index (χ4v) is 10.7. The van der Waals surface area contributed by atoms with E-state index in [1.807, 2.05) is 0 Å². The quantitative estimate of drug-likeness (QED) is 0.308. The summed E-state index contributed by atoms with van der Waals surface area (Å²) in [5.74, 6) is 0.989. The number of hydrogen-bond donors (Lipinski definition) is 3. The summed E-state index contributed by atoms with van der Waals surface area (Å²) in [7, 11) is -3.56. The molecule has 0 spiro atoms. The van der Waals surface area contributed by atoms with Crippen LogP contribution in [0.1, 0.15) is 131 Å². The minimum Gasteiger partial charge on any atom is -0.362 e. The molecule has 3 heterocycles. The third kappa shape index (κ3) is 9.26. The van der Waals surface area contributed by atoms with Gasteiger partial charge in [0.05, 0.1) is 11.9 Å². The summed E-state index contributed by atoms with van der Waals surface area (Å²) in [5.41, 5.74) is 6.30. The van der Waals surface area contributed by atoms with Crippen LogP contribution in [-0.2, 0) is 21.2 Å². The SMILES string of the molecule is Cc1cccc(C)c1C1CC2NC(N1)NS(=O)(=O)C1CCCC(C1)CN(CCc1ccc(C3CCCCC3)cn1)[C@H](CC(C)(C)C)CO2. The summed E-state index contributed by atoms with van der Waals surface area (Å²) in [4.78, 5) is 7.60. The number of ether oxygens (including phenoxy) is 1. The van der Waals surface area contributed by atoms with Crippen LogP contribution in [0.4, 0.5) is 0 Å². The molecule has 0 radical (unpaired) electrons. The van der Waals surface area contributed by atoms with Gasteiger partial charge in [-0.25, -0.2) is 8.42 Å². The zero-order chi connectivity index (χ0) is 33.9. The van der Waals surface area contributed by atoms with Crippen LogP contribution in [0.25, 0.3) is 0 Å². The second kappa shape index (κ2) is 15.6. The van der Waals surface area contributed by atoms with E-state index < -0.39 is 21.6 Å². The number of nitrogens with one attached hydrogen (secondary N) is 3. The zero-order valence-corrected chi connectivity index (χ0v) is 31.0. The molecule has 6 atom stereocenters. The first kappa shape index (κ1) is 35.9. The molecule has 266 valence electrons. The predicted octanol–water partition coefficient (Wildman–Crippen LogP) is 6.84. The van der Waals surface area contributed by atoms with Gasteiger partial charge in [-0.1, -0.05) is 70.7 Å². The Hall–Kier alpha value is -1.88. The average molecular weight is 680 g/mol. The largest absolute Gasteiger partial charge is 0.362 e. The molecular weight excluding hydrogens is 619 g/mol. The van der Waals surface area contributed by atoms with E-state index in [1.165, 1.54) is 54.4 Å². The van der Waals surface area contributed by atoms with Crippen molar-refractivity contribution in [3.8, 4) is 0 Å². The van der Waals surface area contributed by atoms with E-state index in [9.17, 15) is 8.42 Å². The molecule has 2 saturated carbocycles. The van der Waals surface area contributed by atoms with Gasteiger partial charge >= 0.3 is 0 Å². The van der Waals surface area contributed by atoms with Crippen LogP contribution in [0.3, 0.4) is 0 Å². The number of sulfonamides is 1. The molecule has 2 aromatic rings. The molecule has 6 rings (SSSR count). The highest BCUT2D eigenvalue weighted by Crippen LogP contribution is 2.35. The van der Waals surface area contributed by atoms with Crippen molar-refractivity contribution < 1.29 is 13.2 Å². The van der Waals surface area contributed by atoms with E-state index in [-0.39, 0.29) is 23.7 Å². The van der Waals surface area contributed by atoms with E-state index in [2.05, 4.69) is 91.4 Å². The van der Waals surface area contributed by atoms with Gasteiger partial charge in [0.15, 0.2) is 0 Å². The minimum atomic E-state index is -3.56. The second-order valence-electron chi connectivity index (χ2n) is 16.6. The predicted molar refractivity (Wildman–Crippen MR) is 194 cm³/mol. The van der Waals surface area contributed by atoms with Crippen LogP contribution in [0, 0.1) is 25.2 Å². The first-order valence-electron chi connectivity index (χ1n) is 18.8. The summed E-state index contributed by atoms with van der Waals surface area (Å²) in [6.45, 7) is 13.6. The Morgan fingerprint density at radius 1 is 0.938 bits per heavy atom. The first-order chi connectivity index (χ1) is 22.9. The molecule has 1 aromatic carbocycles. The summed E-state index contributed by atoms with van der Waals surface area (Å²) in [5, 5.41) is 6.71. The maximum atomic E-state index is 13.9. The smallest absolute Gasteiger partial charge is 0.216 e. The maximum absolute atomic E-state index is 13.9. The Labute approximate surface area is 290 Å². The minimum absolute atomic E-state index is 0.0331. The number of rotatable bonds is 6. The topological polar surface area (TPSA) is 95.6 Å². The standard InChI is InChI=1S/C39H61N5O3S/c1-27-11-9-12-28(2)37(27)35-22-36-42-38(41-35)43-48(45,46)34-16-10-13-29(21-34)25-44(33(26-47-36)23-39(3,4)5)20-19-32-18-17-31(24-40-32)30-14-7-6-8-15-30/h9,11-12,17-18,24,29-30,33-36,38,41-43H,6-8,10,13-16,19-23,25-26H2,1-5H3/t29?,33-,34?,35?,36?,38?/m1/s1. The number of aryl methyl sites for hydroxylation is 2. The van der Waals surface area contributed by atoms with Gasteiger partial charge in [0, 0.05) is 49.9 Å². The highest BCUT2D eigenvalue weighted by molar-refractivity contribution is 7.90. The molecule has 48 heavy (non-hydrogen) atoms. The van der Waals surface area contributed by atoms with E-state index in [0.29, 0.717) is 31.3 Å². The Morgan fingerprint density at radius 2 is 1.71 bits per heavy atom. The number of aromatic nitrogens is 1. The van der Waals surface area contributed by atoms with Crippen molar-refractivity contribution in [1.29, 1.82) is 0 Å². The van der Waals surface area contributed by atoms with Crippen molar-refractivity contribution in [2.75, 3.05) is 19.7 Å². The van der Waals surface area contributed by atoms with Crippen LogP contribution in [0.2, 0.25) is 0 Å². The molecule has 2 aliphatic carbocycles. The number of pyridine rings is 1. The molecule has 0 amide bonds. The Balaban J connectivity index is 1.26. The van der Waals surface area contributed by atoms with Crippen LogP contribution >= 0.6 is 0 Å². The van der Waals surface area contributed by atoms with Gasteiger partial charge < -0.3 is 4.74 Å². The van der Waals surface area contributed by atoms with Gasteiger partial charge in [0.2, 0.25) is 10.0 Å². The number of fused-ring (bicyclic) bond motifs is 4. The molecule has 1 aromatic heterocycles. The van der Waals surface area contributed by atoms with Crippen molar-refractivity contribution in [3.63, 3.8) is 0 Å². The molecule has 8 nitrogen and oxygen atoms in total. The van der Waals surface area contributed by atoms with Crippen LogP contribution in [-0.4, -0.2) is 61.8 Å². The zero-order valence-electron chi connectivity index (χ0n) is 30.1. The molecule has 4 bridgehead atoms. The first-order valence-corrected chi connectivity index (χ1v) is 20.4. The highest BCUT2D eigenvalue weighted by Gasteiger charge is 2.39. The number of nitrogens with zero attached hydrogens (tertiary/aromatic N) is 2. The lowest BCUT2D eigenvalue weighted by atomic mass is 9.84. The van der Waals surface area contributed by atoms with Crippen LogP contribution in [0.15, 0.2) is 36.5 Å². The molecule has 9 heteroatoms. The number of hydrogen-bond acceptors (Lipinski definition) is 7. The van der Waals surface area contributed by atoms with Crippen molar-refractivity contribution in [1.82, 2.24) is 25.2 Å². The molecule has 5 unspecified atom stereocenters. The van der Waals surface area contributed by atoms with Crippen LogP contribution < -0.4 is 15.4 Å². The van der Waals surface area contributed by atoms with Gasteiger partial charge in [0.1, 0.15) is 12.5 Å². The van der Waals surface area contributed by atoms with Gasteiger partial charge in [-0.05, 0) is 97.9 Å². The van der Waals surface area contributed by atoms with Gasteiger partial charge in [-0.3, -0.25) is 20.5 Å². The third-order valence-electron chi connectivity index (χ3n) is 11.4. The lowest BCUT2D eigenvalue weighted by molar-refractivity contribution is -0.0499. The Kier molecular flexibility index (Phi) is 11.7. The van der Waals surface area contributed by atoms with Gasteiger partial charge in [-0.2, -0.15) is 4.72 Å². The lowest BCUT2D eigenvalue weighted by Crippen LogP contribution is -2.64. The van der Waals surface area contributed by atoms with E-state index in [4.69, 9.17) is 9.72 Å². The van der Waals surface area contributed by atoms with Crippen LogP contribution in [0.5, 0.6) is 0 Å². The third-order valence-corrected chi connectivity index (χ3v) is 13.3. The van der Waals surface area contributed by atoms with Crippen molar-refractivity contribution in [3.05, 3.63) is 64.5 Å².